The van der Waals surface area contributed by atoms with E-state index in [1.807, 2.05) is 48.5 Å². The van der Waals surface area contributed by atoms with Crippen molar-refractivity contribution in [1.82, 2.24) is 9.97 Å². The molecule has 0 radical (unpaired) electrons. The van der Waals surface area contributed by atoms with E-state index in [0.29, 0.717) is 6.54 Å². The summed E-state index contributed by atoms with van der Waals surface area (Å²) in [7, 11) is 1.88. The van der Waals surface area contributed by atoms with Crippen LogP contribution in [-0.4, -0.2) is 56.5 Å². The number of nitrogens with one attached hydrogen (secondary N) is 1. The van der Waals surface area contributed by atoms with E-state index >= 15 is 0 Å². The normalized spacial score (nSPS) is 14.0. The Labute approximate surface area is 164 Å². The van der Waals surface area contributed by atoms with E-state index in [4.69, 9.17) is 4.74 Å². The lowest BCUT2D eigenvalue weighted by atomic mass is 10.2. The highest BCUT2D eigenvalue weighted by atomic mass is 19.1. The molecule has 1 N–H and O–H groups in total. The van der Waals surface area contributed by atoms with E-state index < -0.39 is 0 Å². The van der Waals surface area contributed by atoms with E-state index in [9.17, 15) is 4.39 Å². The molecule has 1 aromatic carbocycles. The molecule has 1 aliphatic heterocycles. The summed E-state index contributed by atoms with van der Waals surface area (Å²) < 4.78 is 17.9. The molecule has 144 valence electrons. The van der Waals surface area contributed by atoms with Gasteiger partial charge >= 0.3 is 0 Å². The van der Waals surface area contributed by atoms with Gasteiger partial charge in [0.1, 0.15) is 12.3 Å². The number of H-pyrrole nitrogens is 1. The smallest absolute Gasteiger partial charge is 0.138 e. The van der Waals surface area contributed by atoms with Crippen LogP contribution in [0.4, 0.5) is 15.8 Å². The maximum atomic E-state index is 12.5. The van der Waals surface area contributed by atoms with Gasteiger partial charge in [-0.15, -0.1) is 0 Å². The summed E-state index contributed by atoms with van der Waals surface area (Å²) in [5.74, 6) is 6.34. The van der Waals surface area contributed by atoms with E-state index in [0.717, 1.165) is 60.0 Å². The summed E-state index contributed by atoms with van der Waals surface area (Å²) in [6, 6.07) is 12.0. The SMILES string of the molecule is CN(CCF)c1ccc(C#Cc2cc3cc(N4CCOCC4)cnc3[nH]2)cc1. The molecule has 2 aromatic heterocycles. The number of alkyl halides is 1. The van der Waals surface area contributed by atoms with E-state index in [2.05, 4.69) is 32.8 Å². The van der Waals surface area contributed by atoms with Crippen LogP contribution in [0.5, 0.6) is 0 Å². The molecule has 6 heteroatoms. The van der Waals surface area contributed by atoms with Crippen LogP contribution in [0.2, 0.25) is 0 Å². The standard InChI is InChI=1S/C22H23FN4O/c1-26(9-8-23)20-6-3-17(4-7-20)2-5-19-14-18-15-21(16-24-22(18)25-19)27-10-12-28-13-11-27/h3-4,6-7,14-16H,8-13H2,1H3,(H,24,25). The highest BCUT2D eigenvalue weighted by Gasteiger charge is 2.12. The van der Waals surface area contributed by atoms with Gasteiger partial charge in [-0.2, -0.15) is 0 Å². The number of nitrogens with zero attached hydrogens (tertiary/aromatic N) is 3. The fraction of sp³-hybridized carbons (Fsp3) is 0.318. The predicted molar refractivity (Wildman–Crippen MR) is 111 cm³/mol. The van der Waals surface area contributed by atoms with Crippen molar-refractivity contribution < 1.29 is 9.13 Å². The van der Waals surface area contributed by atoms with E-state index in [1.54, 1.807) is 0 Å². The summed E-state index contributed by atoms with van der Waals surface area (Å²) in [5, 5.41) is 1.05. The van der Waals surface area contributed by atoms with Crippen LogP contribution in [0.1, 0.15) is 11.3 Å². The van der Waals surface area contributed by atoms with Crippen molar-refractivity contribution >= 4 is 22.4 Å². The Morgan fingerprint density at radius 3 is 2.71 bits per heavy atom. The number of hydrogen-bond donors (Lipinski definition) is 1. The fourth-order valence-corrected chi connectivity index (χ4v) is 3.26. The summed E-state index contributed by atoms with van der Waals surface area (Å²) in [4.78, 5) is 12.0. The maximum Gasteiger partial charge on any atom is 0.138 e. The lowest BCUT2D eigenvalue weighted by molar-refractivity contribution is 0.122. The summed E-state index contributed by atoms with van der Waals surface area (Å²) in [5.41, 5.74) is 4.68. The molecule has 3 heterocycles. The molecule has 4 rings (SSSR count). The minimum atomic E-state index is -0.361. The molecule has 1 aliphatic rings. The van der Waals surface area contributed by atoms with Gasteiger partial charge in [-0.25, -0.2) is 9.37 Å². The van der Waals surface area contributed by atoms with Crippen molar-refractivity contribution in [3.8, 4) is 11.8 Å². The second-order valence-corrected chi connectivity index (χ2v) is 6.82. The Bertz CT molecular complexity index is 997. The van der Waals surface area contributed by atoms with Crippen molar-refractivity contribution in [2.75, 3.05) is 56.4 Å². The molecular weight excluding hydrogens is 355 g/mol. The largest absolute Gasteiger partial charge is 0.378 e. The molecule has 1 fully saturated rings. The minimum absolute atomic E-state index is 0.361. The minimum Gasteiger partial charge on any atom is -0.378 e. The highest BCUT2D eigenvalue weighted by Crippen LogP contribution is 2.21. The molecule has 1 saturated heterocycles. The number of aromatic amines is 1. The molecule has 0 bridgehead atoms. The van der Waals surface area contributed by atoms with E-state index in [1.165, 1.54) is 0 Å². The lowest BCUT2D eigenvalue weighted by Crippen LogP contribution is -2.36. The first-order chi connectivity index (χ1) is 13.7. The van der Waals surface area contributed by atoms with Gasteiger partial charge in [-0.05, 0) is 42.3 Å². The number of morpholine rings is 1. The average Bonchev–Trinajstić information content (AvgIpc) is 3.15. The second-order valence-electron chi connectivity index (χ2n) is 6.82. The number of fused-ring (bicyclic) bond motifs is 1. The van der Waals surface area contributed by atoms with Gasteiger partial charge in [0.15, 0.2) is 0 Å². The molecule has 0 spiro atoms. The molecule has 0 amide bonds. The monoisotopic (exact) mass is 378 g/mol. The third-order valence-corrected chi connectivity index (χ3v) is 4.90. The molecular formula is C22H23FN4O. The second kappa shape index (κ2) is 8.32. The number of rotatable bonds is 4. The molecule has 0 saturated carbocycles. The van der Waals surface area contributed by atoms with E-state index in [-0.39, 0.29) is 6.67 Å². The van der Waals surface area contributed by atoms with Gasteiger partial charge in [0.2, 0.25) is 0 Å². The van der Waals surface area contributed by atoms with Crippen molar-refractivity contribution in [3.63, 3.8) is 0 Å². The van der Waals surface area contributed by atoms with Gasteiger partial charge in [0.05, 0.1) is 30.8 Å². The van der Waals surface area contributed by atoms with Gasteiger partial charge in [0.25, 0.3) is 0 Å². The van der Waals surface area contributed by atoms with Gasteiger partial charge < -0.3 is 19.5 Å². The number of benzene rings is 1. The van der Waals surface area contributed by atoms with Crippen molar-refractivity contribution in [3.05, 3.63) is 53.9 Å². The van der Waals surface area contributed by atoms with Gasteiger partial charge in [-0.1, -0.05) is 5.92 Å². The van der Waals surface area contributed by atoms with Crippen molar-refractivity contribution in [2.24, 2.45) is 0 Å². The third kappa shape index (κ3) is 4.10. The molecule has 0 aliphatic carbocycles. The number of hydrogen-bond acceptors (Lipinski definition) is 4. The summed E-state index contributed by atoms with van der Waals surface area (Å²) in [6.07, 6.45) is 1.90. The lowest BCUT2D eigenvalue weighted by Gasteiger charge is -2.28. The Morgan fingerprint density at radius 2 is 1.96 bits per heavy atom. The van der Waals surface area contributed by atoms with Crippen LogP contribution in [0.15, 0.2) is 42.6 Å². The fourth-order valence-electron chi connectivity index (χ4n) is 3.26. The first kappa shape index (κ1) is 18.3. The van der Waals surface area contributed by atoms with Gasteiger partial charge in [-0.3, -0.25) is 0 Å². The molecule has 5 nitrogen and oxygen atoms in total. The third-order valence-electron chi connectivity index (χ3n) is 4.90. The Kier molecular flexibility index (Phi) is 5.45. The number of pyridine rings is 1. The molecule has 0 atom stereocenters. The first-order valence-corrected chi connectivity index (χ1v) is 9.43. The van der Waals surface area contributed by atoms with Crippen LogP contribution in [0, 0.1) is 11.8 Å². The maximum absolute atomic E-state index is 12.5. The predicted octanol–water partition coefficient (Wildman–Crippen LogP) is 3.21. The zero-order valence-corrected chi connectivity index (χ0v) is 15.9. The average molecular weight is 378 g/mol. The molecule has 3 aromatic rings. The summed E-state index contributed by atoms with van der Waals surface area (Å²) in [6.45, 7) is 3.31. The Morgan fingerprint density at radius 1 is 1.18 bits per heavy atom. The molecule has 0 unspecified atom stereocenters. The summed E-state index contributed by atoms with van der Waals surface area (Å²) >= 11 is 0. The number of ether oxygens (including phenoxy) is 1. The topological polar surface area (TPSA) is 44.4 Å². The van der Waals surface area contributed by atoms with Crippen LogP contribution >= 0.6 is 0 Å². The number of halogens is 1. The molecule has 28 heavy (non-hydrogen) atoms. The van der Waals surface area contributed by atoms with Crippen LogP contribution in [0.25, 0.3) is 11.0 Å². The van der Waals surface area contributed by atoms with Crippen molar-refractivity contribution in [2.45, 2.75) is 0 Å². The zero-order chi connectivity index (χ0) is 19.3. The van der Waals surface area contributed by atoms with Crippen LogP contribution < -0.4 is 9.80 Å². The Balaban J connectivity index is 1.51. The Hall–Kier alpha value is -3.04. The number of anilines is 2. The zero-order valence-electron chi connectivity index (χ0n) is 15.9. The van der Waals surface area contributed by atoms with Gasteiger partial charge in [0, 0.05) is 43.3 Å². The van der Waals surface area contributed by atoms with Crippen LogP contribution in [0.3, 0.4) is 0 Å². The van der Waals surface area contributed by atoms with Crippen molar-refractivity contribution in [1.29, 1.82) is 0 Å². The quantitative estimate of drug-likeness (QED) is 0.708. The highest BCUT2D eigenvalue weighted by molar-refractivity contribution is 5.81. The number of aromatic nitrogens is 2. The van der Waals surface area contributed by atoms with Crippen LogP contribution in [-0.2, 0) is 4.74 Å². The first-order valence-electron chi connectivity index (χ1n) is 9.43.